The van der Waals surface area contributed by atoms with Crippen LogP contribution < -0.4 is 4.74 Å². The number of aryl methyl sites for hydroxylation is 1. The molecule has 0 N–H and O–H groups in total. The number of aromatic nitrogens is 2. The van der Waals surface area contributed by atoms with Gasteiger partial charge in [-0.05, 0) is 42.8 Å². The predicted molar refractivity (Wildman–Crippen MR) is 86.2 cm³/mol. The van der Waals surface area contributed by atoms with Crippen LogP contribution in [0.5, 0.6) is 5.75 Å². The molecule has 0 aliphatic rings. The molecule has 21 heavy (non-hydrogen) atoms. The summed E-state index contributed by atoms with van der Waals surface area (Å²) in [6.45, 7) is 1.98. The molecule has 0 saturated carbocycles. The standard InChI is InChI=1S/C18H16N2O/c1-13-16(20-18-6-4-3-5-17(18)19-13)12-9-14-7-10-15(21-2)11-8-14/h3-12H,1-2H3. The molecule has 0 saturated heterocycles. The topological polar surface area (TPSA) is 35.0 Å². The molecule has 2 aromatic carbocycles. The van der Waals surface area contributed by atoms with Crippen LogP contribution in [0.4, 0.5) is 0 Å². The summed E-state index contributed by atoms with van der Waals surface area (Å²) in [4.78, 5) is 9.23. The number of methoxy groups -OCH3 is 1. The quantitative estimate of drug-likeness (QED) is 0.722. The van der Waals surface area contributed by atoms with Crippen molar-refractivity contribution in [3.8, 4) is 5.75 Å². The lowest BCUT2D eigenvalue weighted by Crippen LogP contribution is -1.93. The average molecular weight is 276 g/mol. The molecule has 3 rings (SSSR count). The summed E-state index contributed by atoms with van der Waals surface area (Å²) < 4.78 is 5.15. The van der Waals surface area contributed by atoms with Crippen LogP contribution in [0.25, 0.3) is 23.2 Å². The van der Waals surface area contributed by atoms with Crippen molar-refractivity contribution >= 4 is 23.2 Å². The van der Waals surface area contributed by atoms with E-state index in [1.54, 1.807) is 7.11 Å². The Morgan fingerprint density at radius 2 is 1.52 bits per heavy atom. The molecule has 0 unspecified atom stereocenters. The fourth-order valence-corrected chi connectivity index (χ4v) is 2.15. The summed E-state index contributed by atoms with van der Waals surface area (Å²) in [5, 5.41) is 0. The predicted octanol–water partition coefficient (Wildman–Crippen LogP) is 4.12. The zero-order valence-electron chi connectivity index (χ0n) is 12.1. The highest BCUT2D eigenvalue weighted by Gasteiger charge is 2.01. The first-order valence-electron chi connectivity index (χ1n) is 6.82. The molecule has 0 amide bonds. The lowest BCUT2D eigenvalue weighted by atomic mass is 10.1. The largest absolute Gasteiger partial charge is 0.497 e. The summed E-state index contributed by atoms with van der Waals surface area (Å²) in [5.41, 5.74) is 4.77. The zero-order chi connectivity index (χ0) is 14.7. The minimum Gasteiger partial charge on any atom is -0.497 e. The van der Waals surface area contributed by atoms with Crippen molar-refractivity contribution in [1.29, 1.82) is 0 Å². The van der Waals surface area contributed by atoms with Gasteiger partial charge in [-0.3, -0.25) is 0 Å². The molecule has 0 bridgehead atoms. The van der Waals surface area contributed by atoms with Crippen molar-refractivity contribution in [2.24, 2.45) is 0 Å². The second kappa shape index (κ2) is 5.75. The van der Waals surface area contributed by atoms with E-state index in [0.717, 1.165) is 33.7 Å². The van der Waals surface area contributed by atoms with Crippen molar-refractivity contribution in [3.05, 3.63) is 65.5 Å². The van der Waals surface area contributed by atoms with Gasteiger partial charge in [0.25, 0.3) is 0 Å². The Labute approximate surface area is 123 Å². The highest BCUT2D eigenvalue weighted by molar-refractivity contribution is 5.77. The van der Waals surface area contributed by atoms with Gasteiger partial charge in [-0.15, -0.1) is 0 Å². The van der Waals surface area contributed by atoms with E-state index >= 15 is 0 Å². The van der Waals surface area contributed by atoms with Crippen LogP contribution in [0.1, 0.15) is 17.0 Å². The molecule has 3 heteroatoms. The fraction of sp³-hybridized carbons (Fsp3) is 0.111. The molecule has 0 atom stereocenters. The Bertz CT molecular complexity index is 792. The van der Waals surface area contributed by atoms with Crippen LogP contribution in [0.2, 0.25) is 0 Å². The second-order valence-electron chi connectivity index (χ2n) is 4.79. The maximum atomic E-state index is 5.15. The van der Waals surface area contributed by atoms with Crippen molar-refractivity contribution < 1.29 is 4.74 Å². The molecule has 3 nitrogen and oxygen atoms in total. The Kier molecular flexibility index (Phi) is 3.65. The van der Waals surface area contributed by atoms with Gasteiger partial charge in [0.15, 0.2) is 0 Å². The van der Waals surface area contributed by atoms with Crippen molar-refractivity contribution in [1.82, 2.24) is 9.97 Å². The number of hydrogen-bond acceptors (Lipinski definition) is 3. The third-order valence-corrected chi connectivity index (χ3v) is 3.33. The number of para-hydroxylation sites is 2. The van der Waals surface area contributed by atoms with Gasteiger partial charge in [-0.1, -0.05) is 30.3 Å². The second-order valence-corrected chi connectivity index (χ2v) is 4.79. The van der Waals surface area contributed by atoms with Crippen molar-refractivity contribution in [3.63, 3.8) is 0 Å². The van der Waals surface area contributed by atoms with Gasteiger partial charge in [0.05, 0.1) is 29.5 Å². The Balaban J connectivity index is 1.92. The number of benzene rings is 2. The normalized spacial score (nSPS) is 11.1. The van der Waals surface area contributed by atoms with Gasteiger partial charge >= 0.3 is 0 Å². The molecule has 0 radical (unpaired) electrons. The first kappa shape index (κ1) is 13.3. The van der Waals surface area contributed by atoms with E-state index in [1.807, 2.05) is 67.6 Å². The summed E-state index contributed by atoms with van der Waals surface area (Å²) in [6, 6.07) is 15.8. The van der Waals surface area contributed by atoms with Crippen LogP contribution >= 0.6 is 0 Å². The molecule has 104 valence electrons. The molecular formula is C18H16N2O. The summed E-state index contributed by atoms with van der Waals surface area (Å²) >= 11 is 0. The first-order chi connectivity index (χ1) is 10.3. The SMILES string of the molecule is COc1ccc(C=Cc2nc3ccccc3nc2C)cc1. The van der Waals surface area contributed by atoms with Crippen LogP contribution in [0, 0.1) is 6.92 Å². The van der Waals surface area contributed by atoms with E-state index in [9.17, 15) is 0 Å². The molecule has 3 aromatic rings. The van der Waals surface area contributed by atoms with E-state index in [0.29, 0.717) is 0 Å². The maximum absolute atomic E-state index is 5.15. The Morgan fingerprint density at radius 1 is 0.857 bits per heavy atom. The molecule has 1 heterocycles. The Hall–Kier alpha value is -2.68. The van der Waals surface area contributed by atoms with Gasteiger partial charge in [-0.2, -0.15) is 0 Å². The molecule has 0 spiro atoms. The van der Waals surface area contributed by atoms with Gasteiger partial charge in [0.1, 0.15) is 5.75 Å². The highest BCUT2D eigenvalue weighted by atomic mass is 16.5. The minimum absolute atomic E-state index is 0.855. The first-order valence-corrected chi connectivity index (χ1v) is 6.82. The average Bonchev–Trinajstić information content (AvgIpc) is 2.53. The number of rotatable bonds is 3. The zero-order valence-corrected chi connectivity index (χ0v) is 12.1. The number of hydrogen-bond donors (Lipinski definition) is 0. The van der Waals surface area contributed by atoms with Gasteiger partial charge in [-0.25, -0.2) is 9.97 Å². The third-order valence-electron chi connectivity index (χ3n) is 3.33. The van der Waals surface area contributed by atoms with E-state index in [-0.39, 0.29) is 0 Å². The van der Waals surface area contributed by atoms with Crippen LogP contribution in [0.3, 0.4) is 0 Å². The van der Waals surface area contributed by atoms with E-state index < -0.39 is 0 Å². The van der Waals surface area contributed by atoms with E-state index in [4.69, 9.17) is 4.74 Å². The summed E-state index contributed by atoms with van der Waals surface area (Å²) in [5.74, 6) is 0.855. The molecule has 0 aliphatic carbocycles. The number of nitrogens with zero attached hydrogens (tertiary/aromatic N) is 2. The van der Waals surface area contributed by atoms with Crippen LogP contribution in [-0.2, 0) is 0 Å². The fourth-order valence-electron chi connectivity index (χ4n) is 2.15. The van der Waals surface area contributed by atoms with Crippen LogP contribution in [-0.4, -0.2) is 17.1 Å². The van der Waals surface area contributed by atoms with E-state index in [2.05, 4.69) is 9.97 Å². The maximum Gasteiger partial charge on any atom is 0.118 e. The molecule has 1 aromatic heterocycles. The number of ether oxygens (including phenoxy) is 1. The minimum atomic E-state index is 0.855. The summed E-state index contributed by atoms with van der Waals surface area (Å²) in [6.07, 6.45) is 4.03. The molecular weight excluding hydrogens is 260 g/mol. The monoisotopic (exact) mass is 276 g/mol. The smallest absolute Gasteiger partial charge is 0.118 e. The molecule has 0 fully saturated rings. The number of fused-ring (bicyclic) bond motifs is 1. The lowest BCUT2D eigenvalue weighted by Gasteiger charge is -2.03. The van der Waals surface area contributed by atoms with Crippen molar-refractivity contribution in [2.75, 3.05) is 7.11 Å². The molecule has 0 aliphatic heterocycles. The van der Waals surface area contributed by atoms with Gasteiger partial charge < -0.3 is 4.74 Å². The van der Waals surface area contributed by atoms with Gasteiger partial charge in [0.2, 0.25) is 0 Å². The van der Waals surface area contributed by atoms with Crippen LogP contribution in [0.15, 0.2) is 48.5 Å². The van der Waals surface area contributed by atoms with Gasteiger partial charge in [0, 0.05) is 0 Å². The third kappa shape index (κ3) is 2.92. The highest BCUT2D eigenvalue weighted by Crippen LogP contribution is 2.16. The summed E-state index contributed by atoms with van der Waals surface area (Å²) in [7, 11) is 1.67. The lowest BCUT2D eigenvalue weighted by molar-refractivity contribution is 0.415. The Morgan fingerprint density at radius 3 is 2.19 bits per heavy atom. The van der Waals surface area contributed by atoms with Crippen molar-refractivity contribution in [2.45, 2.75) is 6.92 Å². The van der Waals surface area contributed by atoms with E-state index in [1.165, 1.54) is 0 Å².